The minimum absolute atomic E-state index is 0.0866. The lowest BCUT2D eigenvalue weighted by Crippen LogP contribution is -2.35. The number of hydrogen-bond donors (Lipinski definition) is 3. The largest absolute Gasteiger partial charge is 0.328 e. The molecular weight excluding hydrogens is 200 g/mol. The maximum atomic E-state index is 11.3. The molecule has 1 heterocycles. The van der Waals surface area contributed by atoms with Crippen LogP contribution in [0.1, 0.15) is 12.1 Å². The highest BCUT2D eigenvalue weighted by Crippen LogP contribution is 1.91. The first-order valence-corrected chi connectivity index (χ1v) is 4.35. The van der Waals surface area contributed by atoms with Gasteiger partial charge in [-0.1, -0.05) is 0 Å². The van der Waals surface area contributed by atoms with Gasteiger partial charge in [0.2, 0.25) is 5.91 Å². The monoisotopic (exact) mass is 212 g/mol. The number of nitrogens with zero attached hydrogens (tertiary/aromatic N) is 1. The Morgan fingerprint density at radius 1 is 1.60 bits per heavy atom. The van der Waals surface area contributed by atoms with Crippen molar-refractivity contribution in [3.63, 3.8) is 0 Å². The molecule has 7 heteroatoms. The first-order chi connectivity index (χ1) is 7.04. The zero-order valence-electron chi connectivity index (χ0n) is 8.24. The summed E-state index contributed by atoms with van der Waals surface area (Å²) in [5, 5.41) is 0. The summed E-state index contributed by atoms with van der Waals surface area (Å²) in [5.41, 5.74) is 1.50. The van der Waals surface area contributed by atoms with Gasteiger partial charge >= 0.3 is 5.69 Å². The Balaban J connectivity index is 2.91. The zero-order chi connectivity index (χ0) is 11.4. The van der Waals surface area contributed by atoms with Crippen molar-refractivity contribution in [1.29, 1.82) is 0 Å². The van der Waals surface area contributed by atoms with Crippen LogP contribution in [0.2, 0.25) is 0 Å². The first kappa shape index (κ1) is 11.2. The lowest BCUT2D eigenvalue weighted by molar-refractivity contribution is -0.121. The molecule has 1 aromatic rings. The number of amides is 1. The molecule has 0 fully saturated rings. The highest BCUT2D eigenvalue weighted by molar-refractivity contribution is 5.75. The van der Waals surface area contributed by atoms with E-state index in [2.05, 4.69) is 4.98 Å². The van der Waals surface area contributed by atoms with E-state index in [9.17, 15) is 14.4 Å². The standard InChI is InChI=1S/C8H12N4O3/c1-5-4-7(14)10-8(15)12(5)3-2-6(13)11-9/h4H,2-3,9H2,1H3,(H,11,13)(H,10,14,15). The van der Waals surface area contributed by atoms with E-state index in [0.29, 0.717) is 5.69 Å². The van der Waals surface area contributed by atoms with Gasteiger partial charge in [-0.05, 0) is 6.92 Å². The number of hydrogen-bond acceptors (Lipinski definition) is 4. The van der Waals surface area contributed by atoms with E-state index >= 15 is 0 Å². The summed E-state index contributed by atoms with van der Waals surface area (Å²) in [4.78, 5) is 35.2. The van der Waals surface area contributed by atoms with Gasteiger partial charge in [0, 0.05) is 24.7 Å². The predicted molar refractivity (Wildman–Crippen MR) is 53.0 cm³/mol. The van der Waals surface area contributed by atoms with Crippen LogP contribution in [0, 0.1) is 6.92 Å². The number of nitrogens with one attached hydrogen (secondary N) is 2. The van der Waals surface area contributed by atoms with Crippen LogP contribution >= 0.6 is 0 Å². The summed E-state index contributed by atoms with van der Waals surface area (Å²) in [6.45, 7) is 1.81. The number of rotatable bonds is 3. The Kier molecular flexibility index (Phi) is 3.40. The zero-order valence-corrected chi connectivity index (χ0v) is 8.24. The molecule has 4 N–H and O–H groups in total. The van der Waals surface area contributed by atoms with Crippen LogP contribution in [-0.4, -0.2) is 15.5 Å². The smallest absolute Gasteiger partial charge is 0.297 e. The predicted octanol–water partition coefficient (Wildman–Crippen LogP) is -1.77. The van der Waals surface area contributed by atoms with Crippen molar-refractivity contribution >= 4 is 5.91 Å². The molecule has 0 aromatic carbocycles. The van der Waals surface area contributed by atoms with Crippen LogP contribution in [0.15, 0.2) is 15.7 Å². The Morgan fingerprint density at radius 3 is 2.80 bits per heavy atom. The minimum atomic E-state index is -0.523. The van der Waals surface area contributed by atoms with E-state index in [1.807, 2.05) is 5.43 Å². The Morgan fingerprint density at radius 2 is 2.27 bits per heavy atom. The molecule has 1 amide bonds. The molecule has 15 heavy (non-hydrogen) atoms. The molecule has 0 aliphatic rings. The molecule has 0 radical (unpaired) electrons. The van der Waals surface area contributed by atoms with Crippen LogP contribution in [0.4, 0.5) is 0 Å². The van der Waals surface area contributed by atoms with Gasteiger partial charge in [0.15, 0.2) is 0 Å². The normalized spacial score (nSPS) is 10.0. The maximum absolute atomic E-state index is 11.3. The summed E-state index contributed by atoms with van der Waals surface area (Å²) in [7, 11) is 0. The molecule has 7 nitrogen and oxygen atoms in total. The third kappa shape index (κ3) is 2.78. The minimum Gasteiger partial charge on any atom is -0.297 e. The van der Waals surface area contributed by atoms with Gasteiger partial charge in [0.1, 0.15) is 0 Å². The van der Waals surface area contributed by atoms with Gasteiger partial charge in [-0.25, -0.2) is 10.6 Å². The second kappa shape index (κ2) is 4.56. The number of aromatic nitrogens is 2. The molecule has 0 aliphatic carbocycles. The lowest BCUT2D eigenvalue weighted by atomic mass is 10.3. The SMILES string of the molecule is Cc1cc(=O)[nH]c(=O)n1CCC(=O)NN. The third-order valence-electron chi connectivity index (χ3n) is 1.96. The number of nitrogens with two attached hydrogens (primary N) is 1. The van der Waals surface area contributed by atoms with Gasteiger partial charge in [-0.15, -0.1) is 0 Å². The second-order valence-corrected chi connectivity index (χ2v) is 3.05. The van der Waals surface area contributed by atoms with E-state index in [4.69, 9.17) is 5.84 Å². The van der Waals surface area contributed by atoms with E-state index in [1.54, 1.807) is 6.92 Å². The molecule has 1 aromatic heterocycles. The van der Waals surface area contributed by atoms with Crippen molar-refractivity contribution in [2.75, 3.05) is 0 Å². The summed E-state index contributed by atoms with van der Waals surface area (Å²) in [6.07, 6.45) is 0.0866. The molecule has 0 spiro atoms. The van der Waals surface area contributed by atoms with Crippen LogP contribution in [0.5, 0.6) is 0 Å². The molecule has 1 rings (SSSR count). The fraction of sp³-hybridized carbons (Fsp3) is 0.375. The molecule has 0 saturated carbocycles. The van der Waals surface area contributed by atoms with Crippen molar-refractivity contribution in [3.05, 3.63) is 32.6 Å². The summed E-state index contributed by atoms with van der Waals surface area (Å²) >= 11 is 0. The Hall–Kier alpha value is -1.89. The number of carbonyl (C=O) groups is 1. The maximum Gasteiger partial charge on any atom is 0.328 e. The van der Waals surface area contributed by atoms with Crippen LogP contribution in [0.3, 0.4) is 0 Å². The lowest BCUT2D eigenvalue weighted by Gasteiger charge is -2.07. The van der Waals surface area contributed by atoms with Crippen molar-refractivity contribution in [1.82, 2.24) is 15.0 Å². The average Bonchev–Trinajstić information content (AvgIpc) is 2.15. The molecule has 0 saturated heterocycles. The average molecular weight is 212 g/mol. The van der Waals surface area contributed by atoms with E-state index < -0.39 is 11.2 Å². The fourth-order valence-electron chi connectivity index (χ4n) is 1.20. The van der Waals surface area contributed by atoms with Crippen LogP contribution in [-0.2, 0) is 11.3 Å². The van der Waals surface area contributed by atoms with Gasteiger partial charge in [0.25, 0.3) is 5.56 Å². The highest BCUT2D eigenvalue weighted by Gasteiger charge is 2.04. The number of hydrazine groups is 1. The summed E-state index contributed by atoms with van der Waals surface area (Å²) < 4.78 is 1.30. The summed E-state index contributed by atoms with van der Waals surface area (Å²) in [5.74, 6) is 4.52. The molecule has 0 atom stereocenters. The topological polar surface area (TPSA) is 110 Å². The van der Waals surface area contributed by atoms with Crippen molar-refractivity contribution in [2.24, 2.45) is 5.84 Å². The van der Waals surface area contributed by atoms with Gasteiger partial charge < -0.3 is 0 Å². The Bertz CT molecular complexity index is 474. The number of H-pyrrole nitrogens is 1. The van der Waals surface area contributed by atoms with Crippen LogP contribution < -0.4 is 22.5 Å². The number of aryl methyl sites for hydroxylation is 1. The molecule has 0 bridgehead atoms. The molecule has 0 aliphatic heterocycles. The number of carbonyl (C=O) groups excluding carboxylic acids is 1. The Labute approximate surface area is 84.9 Å². The van der Waals surface area contributed by atoms with Crippen molar-refractivity contribution in [3.8, 4) is 0 Å². The van der Waals surface area contributed by atoms with Crippen molar-refractivity contribution in [2.45, 2.75) is 19.9 Å². The van der Waals surface area contributed by atoms with E-state index in [1.165, 1.54) is 10.6 Å². The molecular formula is C8H12N4O3. The van der Waals surface area contributed by atoms with Gasteiger partial charge in [-0.3, -0.25) is 24.6 Å². The summed E-state index contributed by atoms with van der Waals surface area (Å²) in [6, 6.07) is 1.29. The van der Waals surface area contributed by atoms with E-state index in [-0.39, 0.29) is 18.9 Å². The van der Waals surface area contributed by atoms with Crippen LogP contribution in [0.25, 0.3) is 0 Å². The quantitative estimate of drug-likeness (QED) is 0.312. The first-order valence-electron chi connectivity index (χ1n) is 4.35. The molecule has 0 unspecified atom stereocenters. The second-order valence-electron chi connectivity index (χ2n) is 3.05. The molecule has 82 valence electrons. The fourth-order valence-corrected chi connectivity index (χ4v) is 1.20. The van der Waals surface area contributed by atoms with Gasteiger partial charge in [-0.2, -0.15) is 0 Å². The number of aromatic amines is 1. The van der Waals surface area contributed by atoms with E-state index in [0.717, 1.165) is 0 Å². The van der Waals surface area contributed by atoms with Crippen molar-refractivity contribution < 1.29 is 4.79 Å². The highest BCUT2D eigenvalue weighted by atomic mass is 16.2. The third-order valence-corrected chi connectivity index (χ3v) is 1.96. The van der Waals surface area contributed by atoms with Gasteiger partial charge in [0.05, 0.1) is 0 Å².